The Labute approximate surface area is 149 Å². The van der Waals surface area contributed by atoms with Gasteiger partial charge in [-0.3, -0.25) is 9.67 Å². The van der Waals surface area contributed by atoms with Crippen LogP contribution < -0.4 is 10.6 Å². The van der Waals surface area contributed by atoms with Crippen LogP contribution in [0.15, 0.2) is 15.6 Å². The van der Waals surface area contributed by atoms with Gasteiger partial charge in [0.1, 0.15) is 0 Å². The van der Waals surface area contributed by atoms with Gasteiger partial charge in [0.25, 0.3) is 0 Å². The lowest BCUT2D eigenvalue weighted by Crippen LogP contribution is -2.38. The number of nitrogens with one attached hydrogen (secondary N) is 2. The molecule has 8 nitrogen and oxygen atoms in total. The average molecular weight is 347 g/mol. The van der Waals surface area contributed by atoms with Crippen molar-refractivity contribution in [1.29, 1.82) is 0 Å². The van der Waals surface area contributed by atoms with Crippen LogP contribution in [-0.2, 0) is 13.0 Å². The van der Waals surface area contributed by atoms with Crippen LogP contribution in [0.4, 0.5) is 0 Å². The van der Waals surface area contributed by atoms with E-state index in [2.05, 4.69) is 50.8 Å². The van der Waals surface area contributed by atoms with Gasteiger partial charge in [0.05, 0.1) is 5.69 Å². The summed E-state index contributed by atoms with van der Waals surface area (Å²) in [5.41, 5.74) is 2.26. The third-order valence-corrected chi connectivity index (χ3v) is 3.68. The summed E-state index contributed by atoms with van der Waals surface area (Å²) in [4.78, 5) is 8.82. The van der Waals surface area contributed by atoms with Gasteiger partial charge < -0.3 is 15.2 Å². The quantitative estimate of drug-likeness (QED) is 0.408. The molecule has 2 N–H and O–H groups in total. The second-order valence-electron chi connectivity index (χ2n) is 6.03. The predicted molar refractivity (Wildman–Crippen MR) is 97.7 cm³/mol. The standard InChI is InChI=1S/C17H29N7O/c1-5-18-17(19-9-6-8-16-21-15(4)23-25-16)20-10-7-11-24-14(3)12-13(2)22-24/h12H,5-11H2,1-4H3,(H2,18,19,20). The van der Waals surface area contributed by atoms with Crippen molar-refractivity contribution in [2.24, 2.45) is 4.99 Å². The molecule has 0 atom stereocenters. The molecular weight excluding hydrogens is 318 g/mol. The van der Waals surface area contributed by atoms with Gasteiger partial charge >= 0.3 is 0 Å². The zero-order valence-corrected chi connectivity index (χ0v) is 15.7. The first-order chi connectivity index (χ1) is 12.1. The predicted octanol–water partition coefficient (Wildman–Crippen LogP) is 1.77. The van der Waals surface area contributed by atoms with Crippen LogP contribution >= 0.6 is 0 Å². The van der Waals surface area contributed by atoms with Crippen molar-refractivity contribution in [2.45, 2.75) is 53.5 Å². The van der Waals surface area contributed by atoms with Gasteiger partial charge in [0.2, 0.25) is 5.89 Å². The van der Waals surface area contributed by atoms with E-state index in [-0.39, 0.29) is 0 Å². The maximum Gasteiger partial charge on any atom is 0.226 e. The highest BCUT2D eigenvalue weighted by molar-refractivity contribution is 5.79. The summed E-state index contributed by atoms with van der Waals surface area (Å²) >= 11 is 0. The highest BCUT2D eigenvalue weighted by Gasteiger charge is 2.03. The molecule has 0 spiro atoms. The summed E-state index contributed by atoms with van der Waals surface area (Å²) in [6, 6.07) is 2.10. The van der Waals surface area contributed by atoms with Crippen molar-refractivity contribution in [1.82, 2.24) is 30.6 Å². The van der Waals surface area contributed by atoms with Crippen LogP contribution in [0, 0.1) is 20.8 Å². The first kappa shape index (κ1) is 19.0. The Balaban J connectivity index is 1.69. The zero-order chi connectivity index (χ0) is 18.1. The molecule has 25 heavy (non-hydrogen) atoms. The van der Waals surface area contributed by atoms with Gasteiger partial charge in [0.15, 0.2) is 11.8 Å². The molecule has 8 heteroatoms. The molecular formula is C17H29N7O. The Morgan fingerprint density at radius 3 is 2.72 bits per heavy atom. The molecule has 0 fully saturated rings. The van der Waals surface area contributed by atoms with E-state index in [4.69, 9.17) is 4.52 Å². The van der Waals surface area contributed by atoms with Gasteiger partial charge in [-0.1, -0.05) is 5.16 Å². The Bertz CT molecular complexity index is 674. The molecule has 2 aromatic heterocycles. The number of rotatable bonds is 9. The van der Waals surface area contributed by atoms with E-state index in [9.17, 15) is 0 Å². The van der Waals surface area contributed by atoms with Gasteiger partial charge in [0, 0.05) is 38.3 Å². The molecule has 0 bridgehead atoms. The number of aromatic nitrogens is 4. The monoisotopic (exact) mass is 347 g/mol. The fourth-order valence-corrected chi connectivity index (χ4v) is 2.54. The average Bonchev–Trinajstić information content (AvgIpc) is 3.12. The summed E-state index contributed by atoms with van der Waals surface area (Å²) in [5.74, 6) is 2.21. The molecule has 0 unspecified atom stereocenters. The molecule has 2 rings (SSSR count). The van der Waals surface area contributed by atoms with Crippen LogP contribution in [-0.4, -0.2) is 45.5 Å². The van der Waals surface area contributed by atoms with Gasteiger partial charge in [-0.2, -0.15) is 10.1 Å². The van der Waals surface area contributed by atoms with Crippen molar-refractivity contribution in [3.05, 3.63) is 29.2 Å². The third kappa shape index (κ3) is 6.56. The highest BCUT2D eigenvalue weighted by atomic mass is 16.5. The van der Waals surface area contributed by atoms with Crippen molar-refractivity contribution in [2.75, 3.05) is 19.6 Å². The third-order valence-electron chi connectivity index (χ3n) is 3.68. The maximum absolute atomic E-state index is 5.11. The topological polar surface area (TPSA) is 93.2 Å². The largest absolute Gasteiger partial charge is 0.357 e. The minimum Gasteiger partial charge on any atom is -0.357 e. The number of aliphatic imine (C=N–C) groups is 1. The van der Waals surface area contributed by atoms with Gasteiger partial charge in [-0.05, 0) is 46.6 Å². The van der Waals surface area contributed by atoms with Crippen molar-refractivity contribution in [3.63, 3.8) is 0 Å². The SMILES string of the molecule is CCNC(=NCCCn1nc(C)cc1C)NCCCc1nc(C)no1. The molecule has 0 aromatic carbocycles. The molecule has 0 saturated heterocycles. The molecule has 0 saturated carbocycles. The minimum absolute atomic E-state index is 0.681. The molecule has 138 valence electrons. The summed E-state index contributed by atoms with van der Waals surface area (Å²) in [7, 11) is 0. The van der Waals surface area contributed by atoms with E-state index >= 15 is 0 Å². The summed E-state index contributed by atoms with van der Waals surface area (Å²) < 4.78 is 7.15. The summed E-state index contributed by atoms with van der Waals surface area (Å²) in [6.45, 7) is 11.3. The lowest BCUT2D eigenvalue weighted by atomic mass is 10.3. The maximum atomic E-state index is 5.11. The number of aryl methyl sites for hydroxylation is 5. The molecule has 0 amide bonds. The van der Waals surface area contributed by atoms with Crippen LogP contribution in [0.1, 0.15) is 42.9 Å². The van der Waals surface area contributed by atoms with Crippen LogP contribution in [0.25, 0.3) is 0 Å². The van der Waals surface area contributed by atoms with Crippen LogP contribution in [0.2, 0.25) is 0 Å². The summed E-state index contributed by atoms with van der Waals surface area (Å²) in [5, 5.41) is 14.9. The minimum atomic E-state index is 0.681. The van der Waals surface area contributed by atoms with E-state index in [1.165, 1.54) is 5.69 Å². The molecule has 0 radical (unpaired) electrons. The molecule has 2 heterocycles. The normalized spacial score (nSPS) is 11.8. The van der Waals surface area contributed by atoms with Crippen LogP contribution in [0.5, 0.6) is 0 Å². The second kappa shape index (κ2) is 9.80. The lowest BCUT2D eigenvalue weighted by Gasteiger charge is -2.11. The number of guanidine groups is 1. The lowest BCUT2D eigenvalue weighted by molar-refractivity contribution is 0.372. The van der Waals surface area contributed by atoms with Gasteiger partial charge in [-0.25, -0.2) is 0 Å². The first-order valence-corrected chi connectivity index (χ1v) is 8.91. The number of nitrogens with zero attached hydrogens (tertiary/aromatic N) is 5. The fourth-order valence-electron chi connectivity index (χ4n) is 2.54. The van der Waals surface area contributed by atoms with E-state index in [0.29, 0.717) is 11.7 Å². The van der Waals surface area contributed by atoms with Gasteiger partial charge in [-0.15, -0.1) is 0 Å². The first-order valence-electron chi connectivity index (χ1n) is 8.91. The van der Waals surface area contributed by atoms with E-state index < -0.39 is 0 Å². The Hall–Kier alpha value is -2.38. The van der Waals surface area contributed by atoms with Crippen molar-refractivity contribution < 1.29 is 4.52 Å². The second-order valence-corrected chi connectivity index (χ2v) is 6.03. The molecule has 2 aromatic rings. The van der Waals surface area contributed by atoms with Crippen molar-refractivity contribution >= 4 is 5.96 Å². The van der Waals surface area contributed by atoms with E-state index in [1.54, 1.807) is 0 Å². The Morgan fingerprint density at radius 2 is 2.08 bits per heavy atom. The molecule has 0 aliphatic rings. The van der Waals surface area contributed by atoms with E-state index in [0.717, 1.165) is 57.1 Å². The van der Waals surface area contributed by atoms with Crippen molar-refractivity contribution in [3.8, 4) is 0 Å². The smallest absolute Gasteiger partial charge is 0.226 e. The molecule has 0 aliphatic heterocycles. The Kier molecular flexibility index (Phi) is 7.43. The van der Waals surface area contributed by atoms with E-state index in [1.807, 2.05) is 18.5 Å². The number of hydrogen-bond acceptors (Lipinski definition) is 5. The Morgan fingerprint density at radius 1 is 1.24 bits per heavy atom. The highest BCUT2D eigenvalue weighted by Crippen LogP contribution is 2.02. The fraction of sp³-hybridized carbons (Fsp3) is 0.647. The van der Waals surface area contributed by atoms with Crippen LogP contribution in [0.3, 0.4) is 0 Å². The zero-order valence-electron chi connectivity index (χ0n) is 15.7. The number of hydrogen-bond donors (Lipinski definition) is 2. The molecule has 0 aliphatic carbocycles. The summed E-state index contributed by atoms with van der Waals surface area (Å²) in [6.07, 6.45) is 2.64.